The minimum atomic E-state index is -0.826. The summed E-state index contributed by atoms with van der Waals surface area (Å²) in [6.07, 6.45) is -1.20. The van der Waals surface area contributed by atoms with Crippen molar-refractivity contribution >= 4 is 11.7 Å². The van der Waals surface area contributed by atoms with E-state index < -0.39 is 6.10 Å². The molecule has 0 aromatic heterocycles. The van der Waals surface area contributed by atoms with Gasteiger partial charge in [0.2, 0.25) is 0 Å². The van der Waals surface area contributed by atoms with Crippen LogP contribution < -0.4 is 20.7 Å². The lowest BCUT2D eigenvalue weighted by Gasteiger charge is -2.19. The van der Waals surface area contributed by atoms with Gasteiger partial charge in [0, 0.05) is 18.3 Å². The molecule has 8 heteroatoms. The summed E-state index contributed by atoms with van der Waals surface area (Å²) < 4.78 is 5.34. The van der Waals surface area contributed by atoms with E-state index in [-0.39, 0.29) is 36.8 Å². The number of carbonyl (C=O) groups excluding carboxylic acids is 1. The van der Waals surface area contributed by atoms with E-state index in [9.17, 15) is 20.1 Å². The maximum absolute atomic E-state index is 11.8. The molecule has 6 N–H and O–H groups in total. The van der Waals surface area contributed by atoms with E-state index in [2.05, 4.69) is 16.0 Å². The van der Waals surface area contributed by atoms with Gasteiger partial charge in [0.25, 0.3) is 0 Å². The minimum absolute atomic E-state index is 0.0137. The second kappa shape index (κ2) is 9.50. The lowest BCUT2D eigenvalue weighted by atomic mass is 10.3. The number of phenols is 2. The third-order valence-electron chi connectivity index (χ3n) is 3.43. The molecule has 2 atom stereocenters. The topological polar surface area (TPSA) is 123 Å². The molecule has 8 nitrogen and oxygen atoms in total. The molecule has 26 heavy (non-hydrogen) atoms. The van der Waals surface area contributed by atoms with Crippen molar-refractivity contribution in [3.63, 3.8) is 0 Å². The van der Waals surface area contributed by atoms with Crippen molar-refractivity contribution in [1.29, 1.82) is 0 Å². The Kier molecular flexibility index (Phi) is 7.07. The highest BCUT2D eigenvalue weighted by molar-refractivity contribution is 5.89. The highest BCUT2D eigenvalue weighted by Gasteiger charge is 2.11. The molecule has 140 valence electrons. The van der Waals surface area contributed by atoms with Crippen LogP contribution in [0.2, 0.25) is 0 Å². The summed E-state index contributed by atoms with van der Waals surface area (Å²) in [7, 11) is 0. The number of aliphatic hydroxyl groups excluding tert-OH is 1. The first-order valence-corrected chi connectivity index (χ1v) is 8.13. The number of ether oxygens (including phenoxy) is 1. The summed E-state index contributed by atoms with van der Waals surface area (Å²) in [6, 6.07) is 12.7. The lowest BCUT2D eigenvalue weighted by Crippen LogP contribution is -2.48. The van der Waals surface area contributed by atoms with Gasteiger partial charge in [0.05, 0.1) is 6.17 Å². The van der Waals surface area contributed by atoms with Gasteiger partial charge < -0.3 is 30.7 Å². The number of carbonyl (C=O) groups is 1. The maximum atomic E-state index is 11.8. The molecule has 0 saturated heterocycles. The smallest absolute Gasteiger partial charge is 0.320 e. The first kappa shape index (κ1) is 19.4. The predicted molar refractivity (Wildman–Crippen MR) is 97.3 cm³/mol. The highest BCUT2D eigenvalue weighted by Crippen LogP contribution is 2.28. The Morgan fingerprint density at radius 1 is 1.12 bits per heavy atom. The van der Waals surface area contributed by atoms with Crippen molar-refractivity contribution in [3.8, 4) is 17.2 Å². The van der Waals surface area contributed by atoms with Gasteiger partial charge in [-0.1, -0.05) is 18.2 Å². The number of anilines is 1. The maximum Gasteiger partial charge on any atom is 0.320 e. The highest BCUT2D eigenvalue weighted by atomic mass is 16.5. The van der Waals surface area contributed by atoms with Crippen LogP contribution in [0.1, 0.15) is 6.92 Å². The van der Waals surface area contributed by atoms with Gasteiger partial charge in [-0.2, -0.15) is 0 Å². The summed E-state index contributed by atoms with van der Waals surface area (Å²) in [5.74, 6) is -0.210. The van der Waals surface area contributed by atoms with E-state index in [0.717, 1.165) is 0 Å². The summed E-state index contributed by atoms with van der Waals surface area (Å²) in [4.78, 5) is 11.8. The largest absolute Gasteiger partial charge is 0.504 e. The first-order valence-electron chi connectivity index (χ1n) is 8.13. The van der Waals surface area contributed by atoms with Crippen LogP contribution in [0, 0.1) is 0 Å². The van der Waals surface area contributed by atoms with E-state index in [1.54, 1.807) is 19.1 Å². The van der Waals surface area contributed by atoms with Gasteiger partial charge in [0.15, 0.2) is 11.5 Å². The zero-order valence-electron chi connectivity index (χ0n) is 14.3. The van der Waals surface area contributed by atoms with E-state index in [0.29, 0.717) is 11.4 Å². The molecule has 2 amide bonds. The first-order chi connectivity index (χ1) is 12.4. The van der Waals surface area contributed by atoms with Gasteiger partial charge in [-0.3, -0.25) is 5.32 Å². The van der Waals surface area contributed by atoms with Crippen LogP contribution in [-0.4, -0.2) is 46.8 Å². The zero-order valence-corrected chi connectivity index (χ0v) is 14.3. The van der Waals surface area contributed by atoms with Crippen molar-refractivity contribution in [2.24, 2.45) is 0 Å². The van der Waals surface area contributed by atoms with E-state index >= 15 is 0 Å². The van der Waals surface area contributed by atoms with Crippen LogP contribution in [-0.2, 0) is 0 Å². The number of urea groups is 1. The Bertz CT molecular complexity index is 711. The SMILES string of the molecule is CC(NCC(O)COc1ccc(O)c(O)c1)NC(=O)Nc1ccccc1. The molecule has 0 bridgehead atoms. The van der Waals surface area contributed by atoms with Crippen molar-refractivity contribution in [2.45, 2.75) is 19.2 Å². The number of hydrogen-bond donors (Lipinski definition) is 6. The molecule has 0 heterocycles. The van der Waals surface area contributed by atoms with Crippen LogP contribution >= 0.6 is 0 Å². The second-order valence-corrected chi connectivity index (χ2v) is 5.71. The second-order valence-electron chi connectivity index (χ2n) is 5.71. The molecule has 0 saturated carbocycles. The molecule has 0 fully saturated rings. The van der Waals surface area contributed by atoms with Gasteiger partial charge >= 0.3 is 6.03 Å². The van der Waals surface area contributed by atoms with E-state index in [1.807, 2.05) is 18.2 Å². The number of aliphatic hydroxyl groups is 1. The molecule has 2 aromatic carbocycles. The van der Waals surface area contributed by atoms with Crippen LogP contribution in [0.25, 0.3) is 0 Å². The Hall–Kier alpha value is -2.97. The van der Waals surface area contributed by atoms with Crippen molar-refractivity contribution in [3.05, 3.63) is 48.5 Å². The monoisotopic (exact) mass is 361 g/mol. The predicted octanol–water partition coefficient (Wildman–Crippen LogP) is 1.59. The van der Waals surface area contributed by atoms with Gasteiger partial charge in [-0.25, -0.2) is 4.79 Å². The molecule has 2 aromatic rings. The average molecular weight is 361 g/mol. The third-order valence-corrected chi connectivity index (χ3v) is 3.43. The fourth-order valence-corrected chi connectivity index (χ4v) is 2.09. The zero-order chi connectivity index (χ0) is 18.9. The van der Waals surface area contributed by atoms with E-state index in [4.69, 9.17) is 4.74 Å². The average Bonchev–Trinajstić information content (AvgIpc) is 2.61. The number of amides is 2. The van der Waals surface area contributed by atoms with Crippen molar-refractivity contribution in [1.82, 2.24) is 10.6 Å². The quantitative estimate of drug-likeness (QED) is 0.314. The normalized spacial score (nSPS) is 12.8. The molecule has 0 spiro atoms. The molecular formula is C18H23N3O5. The van der Waals surface area contributed by atoms with Gasteiger partial charge in [0.1, 0.15) is 18.5 Å². The molecule has 2 rings (SSSR count). The Labute approximate surface area is 151 Å². The molecule has 0 radical (unpaired) electrons. The van der Waals surface area contributed by atoms with Gasteiger partial charge in [-0.15, -0.1) is 0 Å². The molecule has 0 aliphatic heterocycles. The van der Waals surface area contributed by atoms with E-state index in [1.165, 1.54) is 18.2 Å². The molecule has 0 aliphatic rings. The number of nitrogens with one attached hydrogen (secondary N) is 3. The lowest BCUT2D eigenvalue weighted by molar-refractivity contribution is 0.103. The summed E-state index contributed by atoms with van der Waals surface area (Å²) in [5, 5.41) is 36.9. The van der Waals surface area contributed by atoms with Crippen LogP contribution in [0.4, 0.5) is 10.5 Å². The summed E-state index contributed by atoms with van der Waals surface area (Å²) in [6.45, 7) is 1.92. The van der Waals surface area contributed by atoms with Gasteiger partial charge in [-0.05, 0) is 31.2 Å². The van der Waals surface area contributed by atoms with Crippen LogP contribution in [0.3, 0.4) is 0 Å². The standard InChI is InChI=1S/C18H23N3O5/c1-12(20-18(25)21-13-5-3-2-4-6-13)19-10-14(22)11-26-15-7-8-16(23)17(24)9-15/h2-9,12,14,19,22-24H,10-11H2,1H3,(H2,20,21,25). The third kappa shape index (κ3) is 6.50. The fourth-order valence-electron chi connectivity index (χ4n) is 2.09. The number of para-hydroxylation sites is 1. The number of benzene rings is 2. The van der Waals surface area contributed by atoms with Crippen molar-refractivity contribution in [2.75, 3.05) is 18.5 Å². The summed E-state index contributed by atoms with van der Waals surface area (Å²) in [5.41, 5.74) is 0.683. The molecular weight excluding hydrogens is 338 g/mol. The number of rotatable bonds is 8. The minimum Gasteiger partial charge on any atom is -0.504 e. The van der Waals surface area contributed by atoms with Crippen LogP contribution in [0.5, 0.6) is 17.2 Å². The Balaban J connectivity index is 1.66. The molecule has 0 aliphatic carbocycles. The fraction of sp³-hybridized carbons (Fsp3) is 0.278. The Morgan fingerprint density at radius 2 is 1.85 bits per heavy atom. The number of aromatic hydroxyl groups is 2. The van der Waals surface area contributed by atoms with Crippen molar-refractivity contribution < 1.29 is 24.9 Å². The molecule has 2 unspecified atom stereocenters. The summed E-state index contributed by atoms with van der Waals surface area (Å²) >= 11 is 0. The number of phenolic OH excluding ortho intramolecular Hbond substituents is 2. The Morgan fingerprint density at radius 3 is 2.54 bits per heavy atom. The van der Waals surface area contributed by atoms with Crippen LogP contribution in [0.15, 0.2) is 48.5 Å². The number of hydrogen-bond acceptors (Lipinski definition) is 6.